The highest BCUT2D eigenvalue weighted by molar-refractivity contribution is 7.82. The van der Waals surface area contributed by atoms with E-state index in [2.05, 4.69) is 12.6 Å². The molecule has 1 aromatic carbocycles. The van der Waals surface area contributed by atoms with E-state index in [0.717, 1.165) is 9.90 Å². The number of hydrogen-bond acceptors (Lipinski definition) is 3. The Labute approximate surface area is 90.8 Å². The van der Waals surface area contributed by atoms with Gasteiger partial charge in [-0.3, -0.25) is 0 Å². The molecule has 1 aromatic heterocycles. The second-order valence-corrected chi connectivity index (χ2v) is 4.81. The molecule has 0 N–H and O–H groups in total. The lowest BCUT2D eigenvalue weighted by molar-refractivity contribution is -0.454. The minimum absolute atomic E-state index is 0.902. The van der Waals surface area contributed by atoms with Crippen molar-refractivity contribution < 1.29 is 3.12 Å². The van der Waals surface area contributed by atoms with Crippen molar-refractivity contribution in [1.82, 2.24) is 4.68 Å². The van der Waals surface area contributed by atoms with E-state index < -0.39 is 0 Å². The van der Waals surface area contributed by atoms with Crippen LogP contribution in [0.1, 0.15) is 0 Å². The first-order valence-corrected chi connectivity index (χ1v) is 5.26. The summed E-state index contributed by atoms with van der Waals surface area (Å²) >= 11 is 10.8. The van der Waals surface area contributed by atoms with Crippen LogP contribution in [-0.2, 0) is 0 Å². The second-order valence-electron chi connectivity index (χ2n) is 2.48. The molecule has 13 heavy (non-hydrogen) atoms. The van der Waals surface area contributed by atoms with Gasteiger partial charge in [-0.05, 0) is 12.1 Å². The fourth-order valence-corrected chi connectivity index (χ4v) is 2.47. The largest absolute Gasteiger partial charge is 0.321 e. The first-order chi connectivity index (χ1) is 6.27. The Balaban J connectivity index is 2.59. The van der Waals surface area contributed by atoms with E-state index in [0.29, 0.717) is 0 Å². The quantitative estimate of drug-likeness (QED) is 0.582. The van der Waals surface area contributed by atoms with Crippen LogP contribution in [0, 0.1) is 0 Å². The van der Waals surface area contributed by atoms with Crippen LogP contribution in [0.2, 0.25) is 0 Å². The van der Waals surface area contributed by atoms with Crippen molar-refractivity contribution in [2.45, 2.75) is 4.21 Å². The van der Waals surface area contributed by atoms with Crippen LogP contribution in [0.4, 0.5) is 0 Å². The van der Waals surface area contributed by atoms with Gasteiger partial charge in [0, 0.05) is 0 Å². The third-order valence-corrected chi connectivity index (χ3v) is 2.99. The van der Waals surface area contributed by atoms with Crippen molar-refractivity contribution in [3.8, 4) is 5.69 Å². The molecule has 0 unspecified atom stereocenters. The van der Waals surface area contributed by atoms with Crippen LogP contribution in [-0.4, -0.2) is 4.68 Å². The fraction of sp³-hybridized carbons (Fsp3) is 0. The number of aromatic nitrogens is 2. The Morgan fingerprint density at radius 3 is 2.54 bits per heavy atom. The van der Waals surface area contributed by atoms with Crippen LogP contribution in [0.5, 0.6) is 0 Å². The normalized spacial score (nSPS) is 10.2. The summed E-state index contributed by atoms with van der Waals surface area (Å²) in [6, 6.07) is 9.94. The minimum Gasteiger partial charge on any atom is -0.125 e. The molecule has 0 aliphatic carbocycles. The standard InChI is InChI=1S/C8H6N2S3/c11-8-6-9(10(12)13-8)7-4-2-1-3-5-7/h1-6H/p+1. The van der Waals surface area contributed by atoms with Gasteiger partial charge in [-0.2, -0.15) is 0 Å². The second kappa shape index (κ2) is 3.61. The van der Waals surface area contributed by atoms with E-state index >= 15 is 0 Å². The maximum Gasteiger partial charge on any atom is 0.321 e. The predicted molar refractivity (Wildman–Crippen MR) is 58.5 cm³/mol. The summed E-state index contributed by atoms with van der Waals surface area (Å²) in [5, 5.41) is 0. The number of nitrogens with zero attached hydrogens (tertiary/aromatic N) is 2. The van der Waals surface area contributed by atoms with Crippen LogP contribution in [0.25, 0.3) is 5.69 Å². The summed E-state index contributed by atoms with van der Waals surface area (Å²) in [6.45, 7) is 0. The van der Waals surface area contributed by atoms with E-state index in [-0.39, 0.29) is 0 Å². The fourth-order valence-electron chi connectivity index (χ4n) is 1.05. The average Bonchev–Trinajstić information content (AvgIpc) is 2.47. The van der Waals surface area contributed by atoms with Gasteiger partial charge >= 0.3 is 12.4 Å². The van der Waals surface area contributed by atoms with Crippen LogP contribution in [0.15, 0.2) is 40.7 Å². The van der Waals surface area contributed by atoms with Gasteiger partial charge < -0.3 is 0 Å². The lowest BCUT2D eigenvalue weighted by atomic mass is 10.3. The minimum atomic E-state index is 0.902. The topological polar surface area (TPSA) is 10.8 Å². The van der Waals surface area contributed by atoms with Crippen molar-refractivity contribution in [1.29, 1.82) is 0 Å². The highest BCUT2D eigenvalue weighted by atomic mass is 32.2. The molecule has 0 bridgehead atoms. The number of hydrogen-bond donors (Lipinski definition) is 1. The van der Waals surface area contributed by atoms with Crippen molar-refractivity contribution in [2.75, 3.05) is 0 Å². The van der Waals surface area contributed by atoms with Gasteiger partial charge in [0.1, 0.15) is 16.1 Å². The van der Waals surface area contributed by atoms with E-state index in [1.54, 1.807) is 3.12 Å². The molecule has 0 saturated carbocycles. The van der Waals surface area contributed by atoms with Gasteiger partial charge in [0.15, 0.2) is 11.5 Å². The average molecular weight is 227 g/mol. The first-order valence-electron chi connectivity index (χ1n) is 3.67. The number of rotatable bonds is 1. The molecule has 0 radical (unpaired) electrons. The summed E-state index contributed by atoms with van der Waals surface area (Å²) < 4.78 is 4.40. The summed E-state index contributed by atoms with van der Waals surface area (Å²) in [7, 11) is 0. The molecule has 2 aromatic rings. The summed E-state index contributed by atoms with van der Waals surface area (Å²) in [5.41, 5.74) is 1.05. The molecule has 1 heterocycles. The van der Waals surface area contributed by atoms with Gasteiger partial charge in [0.25, 0.3) is 0 Å². The maximum atomic E-state index is 5.10. The van der Waals surface area contributed by atoms with Gasteiger partial charge in [-0.25, -0.2) is 0 Å². The third-order valence-electron chi connectivity index (χ3n) is 1.60. The molecular weight excluding hydrogens is 220 g/mol. The number of thiol groups is 1. The molecule has 0 fully saturated rings. The highest BCUT2D eigenvalue weighted by Gasteiger charge is 2.07. The Kier molecular flexibility index (Phi) is 2.48. The van der Waals surface area contributed by atoms with E-state index in [1.165, 1.54) is 11.5 Å². The van der Waals surface area contributed by atoms with E-state index in [1.807, 2.05) is 41.2 Å². The predicted octanol–water partition coefficient (Wildman–Crippen LogP) is 2.36. The molecule has 5 heteroatoms. The molecule has 0 amide bonds. The maximum absolute atomic E-state index is 5.10. The van der Waals surface area contributed by atoms with Crippen molar-refractivity contribution in [3.05, 3.63) is 36.5 Å². The molecule has 0 atom stereocenters. The van der Waals surface area contributed by atoms with Crippen molar-refractivity contribution in [3.63, 3.8) is 0 Å². The SMILES string of the molecule is S=[n+]1sc(S)cn1-c1ccccc1. The molecule has 0 spiro atoms. The molecule has 66 valence electrons. The van der Waals surface area contributed by atoms with E-state index in [9.17, 15) is 0 Å². The van der Waals surface area contributed by atoms with Crippen molar-refractivity contribution in [2.24, 2.45) is 0 Å². The zero-order valence-corrected chi connectivity index (χ0v) is 9.15. The Hall–Kier alpha value is -0.650. The van der Waals surface area contributed by atoms with Gasteiger partial charge in [-0.1, -0.05) is 22.9 Å². The number of para-hydroxylation sites is 1. The zero-order valence-electron chi connectivity index (χ0n) is 6.62. The molecule has 0 saturated heterocycles. The summed E-state index contributed by atoms with van der Waals surface area (Å²) in [4.78, 5) is 0. The molecule has 2 nitrogen and oxygen atoms in total. The molecule has 0 aliphatic rings. The molecular formula is C8H7N2S3+. The third kappa shape index (κ3) is 1.82. The molecule has 2 rings (SSSR count). The van der Waals surface area contributed by atoms with Gasteiger partial charge in [-0.15, -0.1) is 12.6 Å². The van der Waals surface area contributed by atoms with Crippen LogP contribution >= 0.6 is 36.6 Å². The Morgan fingerprint density at radius 2 is 2.00 bits per heavy atom. The number of benzene rings is 1. The monoisotopic (exact) mass is 227 g/mol. The highest BCUT2D eigenvalue weighted by Crippen LogP contribution is 2.11. The van der Waals surface area contributed by atoms with Crippen LogP contribution in [0.3, 0.4) is 0 Å². The van der Waals surface area contributed by atoms with Gasteiger partial charge in [0.05, 0.1) is 3.12 Å². The smallest absolute Gasteiger partial charge is 0.125 e. The molecule has 0 aliphatic heterocycles. The Morgan fingerprint density at radius 1 is 1.31 bits per heavy atom. The Bertz CT molecular complexity index is 458. The summed E-state index contributed by atoms with van der Waals surface area (Å²) in [5.74, 6) is 0. The van der Waals surface area contributed by atoms with Crippen molar-refractivity contribution >= 4 is 36.6 Å². The lowest BCUT2D eigenvalue weighted by Gasteiger charge is -1.92. The first kappa shape index (κ1) is 8.93. The lowest BCUT2D eigenvalue weighted by Crippen LogP contribution is -2.19. The zero-order chi connectivity index (χ0) is 9.26. The summed E-state index contributed by atoms with van der Waals surface area (Å²) in [6.07, 6.45) is 1.90. The van der Waals surface area contributed by atoms with E-state index in [4.69, 9.17) is 12.4 Å². The van der Waals surface area contributed by atoms with Gasteiger partial charge in [0.2, 0.25) is 0 Å². The van der Waals surface area contributed by atoms with Crippen LogP contribution < -0.4 is 3.12 Å².